The molecular weight excluding hydrogens is 333 g/mol. The lowest BCUT2D eigenvalue weighted by atomic mass is 10.1. The van der Waals surface area contributed by atoms with E-state index in [1.807, 2.05) is 0 Å². The molecule has 3 N–H and O–H groups in total. The minimum absolute atomic E-state index is 0.0221. The Hall–Kier alpha value is -2.86. The molecule has 122 valence electrons. The smallest absolute Gasteiger partial charge is 0.273 e. The average molecular weight is 346 g/mol. The van der Waals surface area contributed by atoms with Crippen LogP contribution in [0.15, 0.2) is 42.5 Å². The number of nitrogens with zero attached hydrogens (tertiary/aromatic N) is 1. The monoisotopic (exact) mass is 345 g/mol. The summed E-state index contributed by atoms with van der Waals surface area (Å²) in [6.07, 6.45) is 0. The predicted molar refractivity (Wildman–Crippen MR) is 89.8 cm³/mol. The van der Waals surface area contributed by atoms with Gasteiger partial charge in [0.05, 0.1) is 5.69 Å². The highest BCUT2D eigenvalue weighted by Gasteiger charge is 2.15. The summed E-state index contributed by atoms with van der Waals surface area (Å²) in [6.45, 7) is 1.78. The molecule has 0 saturated heterocycles. The molecule has 7 heteroatoms. The summed E-state index contributed by atoms with van der Waals surface area (Å²) in [5.41, 5.74) is 2.20. The van der Waals surface area contributed by atoms with E-state index < -0.39 is 5.91 Å². The van der Waals surface area contributed by atoms with E-state index in [1.165, 1.54) is 36.4 Å². The van der Waals surface area contributed by atoms with E-state index in [0.717, 1.165) is 5.56 Å². The van der Waals surface area contributed by atoms with E-state index in [0.29, 0.717) is 22.0 Å². The molecule has 0 atom stereocenters. The number of aryl methyl sites for hydroxylation is 1. The number of hydrogen-bond donors (Lipinski definition) is 3. The zero-order chi connectivity index (χ0) is 17.3. The molecule has 1 aromatic heterocycles. The maximum Gasteiger partial charge on any atom is 0.273 e. The second-order valence-electron chi connectivity index (χ2n) is 5.25. The lowest BCUT2D eigenvalue weighted by Crippen LogP contribution is -2.12. The number of anilines is 1. The second kappa shape index (κ2) is 6.33. The fourth-order valence-corrected chi connectivity index (χ4v) is 2.34. The van der Waals surface area contributed by atoms with Gasteiger partial charge in [0.1, 0.15) is 17.3 Å². The van der Waals surface area contributed by atoms with Crippen molar-refractivity contribution in [3.63, 3.8) is 0 Å². The summed E-state index contributed by atoms with van der Waals surface area (Å²) in [5, 5.41) is 19.8. The number of carbonyl (C=O) groups excluding carboxylic acids is 1. The number of benzene rings is 2. The maximum absolute atomic E-state index is 12.9. The summed E-state index contributed by atoms with van der Waals surface area (Å²) in [4.78, 5) is 12.2. The first-order valence-electron chi connectivity index (χ1n) is 7.06. The minimum atomic E-state index is -0.432. The third-order valence-corrected chi connectivity index (χ3v) is 3.88. The minimum Gasteiger partial charge on any atom is -0.507 e. The first-order valence-corrected chi connectivity index (χ1v) is 7.43. The Labute approximate surface area is 142 Å². The van der Waals surface area contributed by atoms with Crippen molar-refractivity contribution >= 4 is 23.2 Å². The van der Waals surface area contributed by atoms with Crippen molar-refractivity contribution in [3.05, 3.63) is 64.6 Å². The molecule has 3 aromatic rings. The van der Waals surface area contributed by atoms with Gasteiger partial charge in [0.25, 0.3) is 5.91 Å². The lowest BCUT2D eigenvalue weighted by molar-refractivity contribution is 0.102. The van der Waals surface area contributed by atoms with Crippen LogP contribution in [0.5, 0.6) is 5.75 Å². The maximum atomic E-state index is 12.9. The van der Waals surface area contributed by atoms with E-state index in [9.17, 15) is 14.3 Å². The number of H-pyrrole nitrogens is 1. The van der Waals surface area contributed by atoms with Gasteiger partial charge in [0, 0.05) is 16.3 Å². The number of halogens is 2. The van der Waals surface area contributed by atoms with Crippen LogP contribution in [0.3, 0.4) is 0 Å². The molecule has 0 aliphatic carbocycles. The molecule has 0 bridgehead atoms. The van der Waals surface area contributed by atoms with Crippen molar-refractivity contribution < 1.29 is 14.3 Å². The highest BCUT2D eigenvalue weighted by molar-refractivity contribution is 6.31. The normalized spacial score (nSPS) is 10.6. The van der Waals surface area contributed by atoms with Crippen molar-refractivity contribution in [1.29, 1.82) is 0 Å². The number of aromatic hydroxyl groups is 1. The fraction of sp³-hybridized carbons (Fsp3) is 0.0588. The Kier molecular flexibility index (Phi) is 4.22. The topological polar surface area (TPSA) is 78.0 Å². The molecule has 0 radical (unpaired) electrons. The van der Waals surface area contributed by atoms with Crippen molar-refractivity contribution in [3.8, 4) is 17.0 Å². The van der Waals surface area contributed by atoms with Gasteiger partial charge in [-0.2, -0.15) is 5.10 Å². The molecule has 0 spiro atoms. The van der Waals surface area contributed by atoms with Crippen LogP contribution in [0, 0.1) is 12.7 Å². The molecular formula is C17H13ClFN3O2. The van der Waals surface area contributed by atoms with E-state index in [4.69, 9.17) is 11.6 Å². The number of phenols is 1. The molecule has 0 aliphatic heterocycles. The number of aromatic nitrogens is 2. The van der Waals surface area contributed by atoms with E-state index in [-0.39, 0.29) is 17.3 Å². The van der Waals surface area contributed by atoms with Gasteiger partial charge in [0.2, 0.25) is 0 Å². The van der Waals surface area contributed by atoms with Gasteiger partial charge in [-0.25, -0.2) is 4.39 Å². The van der Waals surface area contributed by atoms with Crippen LogP contribution in [0.4, 0.5) is 10.1 Å². The molecule has 0 unspecified atom stereocenters. The molecule has 3 rings (SSSR count). The molecule has 0 aliphatic rings. The lowest BCUT2D eigenvalue weighted by Gasteiger charge is -2.04. The molecule has 0 saturated carbocycles. The highest BCUT2D eigenvalue weighted by atomic mass is 35.5. The SMILES string of the molecule is Cc1cc(O)c(-c2cc(C(=O)Nc3ccc(F)cc3)[nH]n2)cc1Cl. The standard InChI is InChI=1S/C17H13ClFN3O2/c1-9-6-16(23)12(7-13(9)18)14-8-15(22-21-14)17(24)20-11-4-2-10(19)3-5-11/h2-8,23H,1H3,(H,20,24)(H,21,22). The molecule has 2 aromatic carbocycles. The second-order valence-corrected chi connectivity index (χ2v) is 5.65. The Bertz CT molecular complexity index is 907. The molecule has 24 heavy (non-hydrogen) atoms. The van der Waals surface area contributed by atoms with Crippen LogP contribution in [0.2, 0.25) is 5.02 Å². The summed E-state index contributed by atoms with van der Waals surface area (Å²) < 4.78 is 12.9. The largest absolute Gasteiger partial charge is 0.507 e. The Morgan fingerprint density at radius 2 is 1.96 bits per heavy atom. The quantitative estimate of drug-likeness (QED) is 0.667. The number of carbonyl (C=O) groups is 1. The number of phenolic OH excluding ortho intramolecular Hbond substituents is 1. The zero-order valence-corrected chi connectivity index (χ0v) is 13.4. The number of aromatic amines is 1. The average Bonchev–Trinajstić information content (AvgIpc) is 3.03. The van der Waals surface area contributed by atoms with Crippen molar-refractivity contribution in [2.45, 2.75) is 6.92 Å². The zero-order valence-electron chi connectivity index (χ0n) is 12.6. The van der Waals surface area contributed by atoms with Gasteiger partial charge in [-0.05, 0) is 55.0 Å². The van der Waals surface area contributed by atoms with Crippen molar-refractivity contribution in [2.24, 2.45) is 0 Å². The van der Waals surface area contributed by atoms with Gasteiger partial charge in [0.15, 0.2) is 0 Å². The van der Waals surface area contributed by atoms with Gasteiger partial charge >= 0.3 is 0 Å². The van der Waals surface area contributed by atoms with Crippen LogP contribution in [0.1, 0.15) is 16.1 Å². The first kappa shape index (κ1) is 16.0. The number of rotatable bonds is 3. The predicted octanol–water partition coefficient (Wildman–Crippen LogP) is 4.14. The number of amides is 1. The van der Waals surface area contributed by atoms with Crippen LogP contribution in [0.25, 0.3) is 11.3 Å². The Balaban J connectivity index is 1.84. The van der Waals surface area contributed by atoms with Crippen LogP contribution in [-0.4, -0.2) is 21.2 Å². The summed E-state index contributed by atoms with van der Waals surface area (Å²) in [6, 6.07) is 10.0. The van der Waals surface area contributed by atoms with Crippen LogP contribution < -0.4 is 5.32 Å². The van der Waals surface area contributed by atoms with Crippen molar-refractivity contribution in [1.82, 2.24) is 10.2 Å². The van der Waals surface area contributed by atoms with Gasteiger partial charge in [-0.1, -0.05) is 11.6 Å². The summed E-state index contributed by atoms with van der Waals surface area (Å²) in [7, 11) is 0. The van der Waals surface area contributed by atoms with E-state index in [2.05, 4.69) is 15.5 Å². The molecule has 5 nitrogen and oxygen atoms in total. The third-order valence-electron chi connectivity index (χ3n) is 3.48. The number of nitrogens with one attached hydrogen (secondary N) is 2. The van der Waals surface area contributed by atoms with Crippen LogP contribution in [-0.2, 0) is 0 Å². The van der Waals surface area contributed by atoms with E-state index in [1.54, 1.807) is 13.0 Å². The summed E-state index contributed by atoms with van der Waals surface area (Å²) >= 11 is 6.07. The van der Waals surface area contributed by atoms with Gasteiger partial charge < -0.3 is 10.4 Å². The van der Waals surface area contributed by atoms with E-state index >= 15 is 0 Å². The molecule has 1 amide bonds. The van der Waals surface area contributed by atoms with Crippen LogP contribution >= 0.6 is 11.6 Å². The highest BCUT2D eigenvalue weighted by Crippen LogP contribution is 2.33. The number of hydrogen-bond acceptors (Lipinski definition) is 3. The molecule has 1 heterocycles. The van der Waals surface area contributed by atoms with Crippen molar-refractivity contribution in [2.75, 3.05) is 5.32 Å². The van der Waals surface area contributed by atoms with Gasteiger partial charge in [-0.3, -0.25) is 9.89 Å². The van der Waals surface area contributed by atoms with Gasteiger partial charge in [-0.15, -0.1) is 0 Å². The fourth-order valence-electron chi connectivity index (χ4n) is 2.18. The Morgan fingerprint density at radius 3 is 2.67 bits per heavy atom. The Morgan fingerprint density at radius 1 is 1.25 bits per heavy atom. The molecule has 0 fully saturated rings. The third kappa shape index (κ3) is 3.23. The first-order chi connectivity index (χ1) is 11.4. The summed E-state index contributed by atoms with van der Waals surface area (Å²) in [5.74, 6) is -0.796.